The fourth-order valence-corrected chi connectivity index (χ4v) is 4.68. The highest BCUT2D eigenvalue weighted by atomic mass is 16.7. The number of hydroxylamine groups is 1. The molecule has 1 heterocycles. The van der Waals surface area contributed by atoms with Gasteiger partial charge in [-0.15, -0.1) is 0 Å². The molecule has 5 nitrogen and oxygen atoms in total. The van der Waals surface area contributed by atoms with Gasteiger partial charge in [0.1, 0.15) is 0 Å². The summed E-state index contributed by atoms with van der Waals surface area (Å²) < 4.78 is 0. The minimum Gasteiger partial charge on any atom is -0.379 e. The van der Waals surface area contributed by atoms with Crippen LogP contribution < -0.4 is 15.6 Å². The molecule has 0 bridgehead atoms. The molecule has 3 aromatic rings. The van der Waals surface area contributed by atoms with Crippen LogP contribution in [0.3, 0.4) is 0 Å². The van der Waals surface area contributed by atoms with Crippen LogP contribution in [0.25, 0.3) is 0 Å². The van der Waals surface area contributed by atoms with Crippen molar-refractivity contribution < 1.29 is 9.63 Å². The highest BCUT2D eigenvalue weighted by molar-refractivity contribution is 5.93. The summed E-state index contributed by atoms with van der Waals surface area (Å²) in [6, 6.07) is 29.2. The van der Waals surface area contributed by atoms with Crippen LogP contribution in [-0.4, -0.2) is 36.0 Å². The van der Waals surface area contributed by atoms with Crippen LogP contribution in [0.2, 0.25) is 0 Å². The quantitative estimate of drug-likeness (QED) is 0.505. The van der Waals surface area contributed by atoms with Crippen LogP contribution in [0, 0.1) is 0 Å². The molecule has 5 rings (SSSR count). The lowest BCUT2D eigenvalue weighted by molar-refractivity contribution is 0.0760. The van der Waals surface area contributed by atoms with Crippen molar-refractivity contribution in [2.24, 2.45) is 0 Å². The maximum Gasteiger partial charge on any atom is 0.283 e. The van der Waals surface area contributed by atoms with Gasteiger partial charge < -0.3 is 10.2 Å². The van der Waals surface area contributed by atoms with E-state index in [1.807, 2.05) is 42.5 Å². The monoisotopic (exact) mass is 441 g/mol. The molecule has 2 atom stereocenters. The molecule has 33 heavy (non-hydrogen) atoms. The summed E-state index contributed by atoms with van der Waals surface area (Å²) in [5, 5.41) is 3.89. The second-order valence-electron chi connectivity index (χ2n) is 9.12. The summed E-state index contributed by atoms with van der Waals surface area (Å²) in [5.41, 5.74) is 5.79. The maximum absolute atomic E-state index is 12.3. The first-order valence-corrected chi connectivity index (χ1v) is 11.9. The fourth-order valence-electron chi connectivity index (χ4n) is 4.68. The molecular formula is C28H31N3O2. The molecule has 170 valence electrons. The van der Waals surface area contributed by atoms with Gasteiger partial charge in [-0.2, -0.15) is 5.48 Å². The smallest absolute Gasteiger partial charge is 0.283 e. The van der Waals surface area contributed by atoms with Gasteiger partial charge in [-0.25, -0.2) is 0 Å². The number of carbonyl (C=O) groups is 1. The Bertz CT molecular complexity index is 1030. The number of piperidine rings is 1. The van der Waals surface area contributed by atoms with Gasteiger partial charge in [-0.1, -0.05) is 60.7 Å². The van der Waals surface area contributed by atoms with Crippen molar-refractivity contribution in [3.05, 3.63) is 102 Å². The number of rotatable bonds is 8. The van der Waals surface area contributed by atoms with Gasteiger partial charge in [0.25, 0.3) is 5.91 Å². The van der Waals surface area contributed by atoms with E-state index in [0.29, 0.717) is 29.3 Å². The number of hydrogen-bond acceptors (Lipinski definition) is 4. The third kappa shape index (κ3) is 5.81. The molecule has 0 spiro atoms. The summed E-state index contributed by atoms with van der Waals surface area (Å²) in [6.07, 6.45) is 3.64. The normalized spacial score (nSPS) is 20.8. The molecule has 1 amide bonds. The predicted molar refractivity (Wildman–Crippen MR) is 130 cm³/mol. The molecule has 2 N–H and O–H groups in total. The van der Waals surface area contributed by atoms with E-state index in [4.69, 9.17) is 4.84 Å². The highest BCUT2D eigenvalue weighted by Gasteiger charge is 2.39. The molecule has 1 saturated carbocycles. The Morgan fingerprint density at radius 2 is 1.55 bits per heavy atom. The van der Waals surface area contributed by atoms with Crippen molar-refractivity contribution in [3.63, 3.8) is 0 Å². The Kier molecular flexibility index (Phi) is 6.70. The third-order valence-electron chi connectivity index (χ3n) is 6.68. The number of nitrogens with one attached hydrogen (secondary N) is 2. The van der Waals surface area contributed by atoms with E-state index < -0.39 is 0 Å². The lowest BCUT2D eigenvalue weighted by Crippen LogP contribution is -2.43. The maximum atomic E-state index is 12.3. The van der Waals surface area contributed by atoms with E-state index in [-0.39, 0.29) is 5.91 Å². The highest BCUT2D eigenvalue weighted by Crippen LogP contribution is 2.41. The summed E-state index contributed by atoms with van der Waals surface area (Å²) in [5.74, 6) is 1.06. The number of amides is 1. The number of hydrogen-bond donors (Lipinski definition) is 2. The van der Waals surface area contributed by atoms with Gasteiger partial charge in [0, 0.05) is 30.1 Å². The van der Waals surface area contributed by atoms with E-state index in [9.17, 15) is 4.79 Å². The molecule has 0 radical (unpaired) electrons. The first-order valence-electron chi connectivity index (χ1n) is 11.9. The molecule has 3 aromatic carbocycles. The number of nitrogens with zero attached hydrogens (tertiary/aromatic N) is 1. The SMILES string of the molecule is O=C(NOc1ccccc1)c1ccc(CN2CCC(NC3CC3c3ccccc3)CC2)cc1. The second-order valence-corrected chi connectivity index (χ2v) is 9.12. The van der Waals surface area contributed by atoms with Crippen LogP contribution in [0.5, 0.6) is 5.75 Å². The zero-order valence-corrected chi connectivity index (χ0v) is 18.8. The minimum absolute atomic E-state index is 0.244. The summed E-state index contributed by atoms with van der Waals surface area (Å²) in [6.45, 7) is 3.13. The molecule has 1 saturated heterocycles. The topological polar surface area (TPSA) is 53.6 Å². The van der Waals surface area contributed by atoms with Crippen molar-refractivity contribution >= 4 is 5.91 Å². The number of para-hydroxylation sites is 1. The minimum atomic E-state index is -0.244. The van der Waals surface area contributed by atoms with Crippen LogP contribution in [0.15, 0.2) is 84.9 Å². The van der Waals surface area contributed by atoms with E-state index in [1.54, 1.807) is 12.1 Å². The molecule has 2 unspecified atom stereocenters. The molecule has 0 aromatic heterocycles. The Labute approximate surface area is 195 Å². The zero-order chi connectivity index (χ0) is 22.5. The Balaban J connectivity index is 1.04. The molecule has 2 aliphatic rings. The van der Waals surface area contributed by atoms with Gasteiger partial charge in [-0.3, -0.25) is 9.69 Å². The van der Waals surface area contributed by atoms with E-state index in [0.717, 1.165) is 19.6 Å². The molecule has 5 heteroatoms. The summed E-state index contributed by atoms with van der Waals surface area (Å²) in [7, 11) is 0. The van der Waals surface area contributed by atoms with Gasteiger partial charge >= 0.3 is 0 Å². The standard InChI is InChI=1S/C28H31N3O2/c32-28(30-33-25-9-5-2-6-10-25)23-13-11-21(12-14-23)20-31-17-15-24(16-18-31)29-27-19-26(27)22-7-3-1-4-8-22/h1-14,24,26-27,29H,15-20H2,(H,30,32). The zero-order valence-electron chi connectivity index (χ0n) is 18.8. The molecular weight excluding hydrogens is 410 g/mol. The third-order valence-corrected chi connectivity index (χ3v) is 6.68. The Morgan fingerprint density at radius 1 is 0.879 bits per heavy atom. The van der Waals surface area contributed by atoms with Gasteiger partial charge in [0.15, 0.2) is 5.75 Å². The lowest BCUT2D eigenvalue weighted by atomic mass is 10.0. The van der Waals surface area contributed by atoms with Crippen molar-refractivity contribution in [1.29, 1.82) is 0 Å². The average Bonchev–Trinajstić information content (AvgIpc) is 3.64. The summed E-state index contributed by atoms with van der Waals surface area (Å²) in [4.78, 5) is 20.1. The van der Waals surface area contributed by atoms with E-state index in [2.05, 4.69) is 46.0 Å². The van der Waals surface area contributed by atoms with Crippen LogP contribution in [0.1, 0.15) is 46.7 Å². The van der Waals surface area contributed by atoms with Gasteiger partial charge in [-0.05, 0) is 67.7 Å². The lowest BCUT2D eigenvalue weighted by Gasteiger charge is -2.32. The molecule has 1 aliphatic heterocycles. The first kappa shape index (κ1) is 21.7. The van der Waals surface area contributed by atoms with Crippen molar-refractivity contribution in [2.75, 3.05) is 13.1 Å². The molecule has 1 aliphatic carbocycles. The number of likely N-dealkylation sites (tertiary alicyclic amines) is 1. The van der Waals surface area contributed by atoms with Crippen molar-refractivity contribution in [2.45, 2.75) is 43.8 Å². The first-order chi connectivity index (χ1) is 16.2. The van der Waals surface area contributed by atoms with Gasteiger partial charge in [0.05, 0.1) is 0 Å². The second kappa shape index (κ2) is 10.2. The predicted octanol–water partition coefficient (Wildman–Crippen LogP) is 4.52. The van der Waals surface area contributed by atoms with E-state index in [1.165, 1.54) is 30.4 Å². The average molecular weight is 442 g/mol. The fraction of sp³-hybridized carbons (Fsp3) is 0.321. The summed E-state index contributed by atoms with van der Waals surface area (Å²) >= 11 is 0. The van der Waals surface area contributed by atoms with Crippen molar-refractivity contribution in [1.82, 2.24) is 15.7 Å². The molecule has 2 fully saturated rings. The van der Waals surface area contributed by atoms with Crippen LogP contribution in [0.4, 0.5) is 0 Å². The number of carbonyl (C=O) groups excluding carboxylic acids is 1. The van der Waals surface area contributed by atoms with Crippen LogP contribution in [-0.2, 0) is 6.54 Å². The Hall–Kier alpha value is -3.15. The van der Waals surface area contributed by atoms with E-state index >= 15 is 0 Å². The largest absolute Gasteiger partial charge is 0.379 e. The van der Waals surface area contributed by atoms with Crippen LogP contribution >= 0.6 is 0 Å². The van der Waals surface area contributed by atoms with Crippen molar-refractivity contribution in [3.8, 4) is 5.75 Å². The Morgan fingerprint density at radius 3 is 2.24 bits per heavy atom. The number of benzene rings is 3. The van der Waals surface area contributed by atoms with Gasteiger partial charge in [0.2, 0.25) is 0 Å².